The second kappa shape index (κ2) is 6.90. The van der Waals surface area contributed by atoms with Gasteiger partial charge in [-0.25, -0.2) is 4.79 Å². The quantitative estimate of drug-likeness (QED) is 0.608. The Hall–Kier alpha value is -2.29. The molecule has 3 heteroatoms. The van der Waals surface area contributed by atoms with E-state index in [4.69, 9.17) is 9.47 Å². The number of carbonyl (C=O) groups is 1. The summed E-state index contributed by atoms with van der Waals surface area (Å²) in [6.07, 6.45) is 8.28. The highest BCUT2D eigenvalue weighted by Crippen LogP contribution is 2.62. The Morgan fingerprint density at radius 2 is 1.48 bits per heavy atom. The van der Waals surface area contributed by atoms with Crippen LogP contribution in [0.2, 0.25) is 0 Å². The van der Waals surface area contributed by atoms with Crippen molar-refractivity contribution < 1.29 is 14.3 Å². The van der Waals surface area contributed by atoms with E-state index < -0.39 is 0 Å². The molecule has 0 unspecified atom stereocenters. The van der Waals surface area contributed by atoms with E-state index in [1.165, 1.54) is 62.3 Å². The van der Waals surface area contributed by atoms with Crippen molar-refractivity contribution in [3.63, 3.8) is 0 Å². The molecule has 4 aliphatic carbocycles. The van der Waals surface area contributed by atoms with Crippen LogP contribution in [0.5, 0.6) is 5.75 Å². The molecule has 0 heterocycles. The third-order valence-corrected chi connectivity index (χ3v) is 7.83. The van der Waals surface area contributed by atoms with Gasteiger partial charge in [-0.15, -0.1) is 0 Å². The number of benzene rings is 2. The normalized spacial score (nSPS) is 29.7. The molecule has 2 aromatic carbocycles. The van der Waals surface area contributed by atoms with Crippen LogP contribution in [-0.4, -0.2) is 20.2 Å². The molecule has 0 aliphatic heterocycles. The summed E-state index contributed by atoms with van der Waals surface area (Å²) in [5.41, 5.74) is 6.05. The van der Waals surface area contributed by atoms with E-state index in [0.717, 1.165) is 29.1 Å². The molecule has 0 aromatic heterocycles. The van der Waals surface area contributed by atoms with E-state index in [1.807, 2.05) is 31.4 Å². The molecule has 29 heavy (non-hydrogen) atoms. The van der Waals surface area contributed by atoms with Gasteiger partial charge in [0.1, 0.15) is 5.75 Å². The van der Waals surface area contributed by atoms with Crippen LogP contribution in [0.3, 0.4) is 0 Å². The molecule has 4 bridgehead atoms. The second-order valence-corrected chi connectivity index (χ2v) is 9.58. The van der Waals surface area contributed by atoms with Crippen LogP contribution in [0.25, 0.3) is 11.1 Å². The number of hydrogen-bond donors (Lipinski definition) is 0. The lowest BCUT2D eigenvalue weighted by Crippen LogP contribution is -2.49. The highest BCUT2D eigenvalue weighted by molar-refractivity contribution is 5.90. The molecule has 4 fully saturated rings. The maximum absolute atomic E-state index is 11.8. The van der Waals surface area contributed by atoms with E-state index in [1.54, 1.807) is 0 Å². The summed E-state index contributed by atoms with van der Waals surface area (Å²) in [6.45, 7) is 2.26. The van der Waals surface area contributed by atoms with Gasteiger partial charge < -0.3 is 9.47 Å². The van der Waals surface area contributed by atoms with Crippen molar-refractivity contribution in [1.82, 2.24) is 0 Å². The lowest BCUT2D eigenvalue weighted by Gasteiger charge is -2.57. The molecule has 2 aromatic rings. The zero-order valence-electron chi connectivity index (χ0n) is 17.7. The van der Waals surface area contributed by atoms with Crippen molar-refractivity contribution in [3.05, 3.63) is 53.1 Å². The van der Waals surface area contributed by atoms with Crippen LogP contribution in [0.4, 0.5) is 0 Å². The largest absolute Gasteiger partial charge is 0.496 e. The Balaban J connectivity index is 1.59. The first-order chi connectivity index (χ1) is 14.0. The summed E-state index contributed by atoms with van der Waals surface area (Å²) in [5.74, 6) is 3.45. The predicted molar refractivity (Wildman–Crippen MR) is 114 cm³/mol. The average molecular weight is 391 g/mol. The van der Waals surface area contributed by atoms with Crippen LogP contribution in [0, 0.1) is 24.7 Å². The van der Waals surface area contributed by atoms with Crippen molar-refractivity contribution in [2.24, 2.45) is 17.8 Å². The molecule has 0 amide bonds. The van der Waals surface area contributed by atoms with Gasteiger partial charge in [0, 0.05) is 11.0 Å². The zero-order chi connectivity index (χ0) is 20.2. The Kier molecular flexibility index (Phi) is 4.45. The van der Waals surface area contributed by atoms with Crippen LogP contribution >= 0.6 is 0 Å². The predicted octanol–water partition coefficient (Wildman–Crippen LogP) is 5.93. The van der Waals surface area contributed by atoms with Crippen molar-refractivity contribution in [2.75, 3.05) is 14.2 Å². The molecule has 152 valence electrons. The fourth-order valence-electron chi connectivity index (χ4n) is 7.15. The third-order valence-electron chi connectivity index (χ3n) is 7.83. The summed E-state index contributed by atoms with van der Waals surface area (Å²) in [6, 6.07) is 12.1. The zero-order valence-corrected chi connectivity index (χ0v) is 17.7. The van der Waals surface area contributed by atoms with E-state index in [-0.39, 0.29) is 11.4 Å². The number of esters is 1. The molecule has 3 nitrogen and oxygen atoms in total. The lowest BCUT2D eigenvalue weighted by molar-refractivity contribution is -0.00641. The highest BCUT2D eigenvalue weighted by Gasteiger charge is 2.53. The minimum absolute atomic E-state index is 0.284. The standard InChI is InChI=1S/C26H30O3/c1-16-22(20-4-6-21(7-5-20)25(27)29-3)8-9-23(28-2)24(16)26-13-17-10-18(14-26)12-19(11-17)15-26/h4-9,17-19H,10-15H2,1-3H3. The summed E-state index contributed by atoms with van der Waals surface area (Å²) in [7, 11) is 3.23. The minimum atomic E-state index is -0.294. The van der Waals surface area contributed by atoms with Gasteiger partial charge in [0.25, 0.3) is 0 Å². The maximum atomic E-state index is 11.8. The van der Waals surface area contributed by atoms with Crippen LogP contribution in [0.15, 0.2) is 36.4 Å². The average Bonchev–Trinajstić information content (AvgIpc) is 2.72. The second-order valence-electron chi connectivity index (χ2n) is 9.58. The summed E-state index contributed by atoms with van der Waals surface area (Å²) < 4.78 is 10.7. The molecule has 6 rings (SSSR count). The molecule has 0 radical (unpaired) electrons. The summed E-state index contributed by atoms with van der Waals surface area (Å²) in [5, 5.41) is 0. The van der Waals surface area contributed by atoms with Crippen molar-refractivity contribution in [3.8, 4) is 16.9 Å². The molecule has 4 aliphatic rings. The minimum Gasteiger partial charge on any atom is -0.496 e. The SMILES string of the molecule is COC(=O)c1ccc(-c2ccc(OC)c(C34CC5CC(CC(C5)C3)C4)c2C)cc1. The Morgan fingerprint density at radius 3 is 2.00 bits per heavy atom. The third kappa shape index (κ3) is 2.97. The molecule has 0 spiro atoms. The number of hydrogen-bond acceptors (Lipinski definition) is 3. The summed E-state index contributed by atoms with van der Waals surface area (Å²) >= 11 is 0. The molecular weight excluding hydrogens is 360 g/mol. The van der Waals surface area contributed by atoms with Crippen molar-refractivity contribution in [1.29, 1.82) is 0 Å². The van der Waals surface area contributed by atoms with Gasteiger partial charge in [-0.3, -0.25) is 0 Å². The lowest BCUT2D eigenvalue weighted by atomic mass is 9.47. The van der Waals surface area contributed by atoms with Crippen molar-refractivity contribution in [2.45, 2.75) is 50.9 Å². The number of methoxy groups -OCH3 is 2. The van der Waals surface area contributed by atoms with Gasteiger partial charge in [0.15, 0.2) is 0 Å². The van der Waals surface area contributed by atoms with Gasteiger partial charge in [-0.2, -0.15) is 0 Å². The van der Waals surface area contributed by atoms with Crippen LogP contribution in [0.1, 0.15) is 60.0 Å². The van der Waals surface area contributed by atoms with Gasteiger partial charge in [-0.1, -0.05) is 18.2 Å². The number of ether oxygens (including phenoxy) is 2. The molecule has 0 saturated heterocycles. The van der Waals surface area contributed by atoms with Gasteiger partial charge in [0.05, 0.1) is 19.8 Å². The first kappa shape index (κ1) is 18.7. The van der Waals surface area contributed by atoms with Gasteiger partial charge in [-0.05, 0) is 98.1 Å². The Bertz CT molecular complexity index is 906. The Morgan fingerprint density at radius 1 is 0.897 bits per heavy atom. The van der Waals surface area contributed by atoms with Gasteiger partial charge >= 0.3 is 5.97 Å². The number of carbonyl (C=O) groups excluding carboxylic acids is 1. The van der Waals surface area contributed by atoms with E-state index in [0.29, 0.717) is 5.56 Å². The van der Waals surface area contributed by atoms with E-state index in [2.05, 4.69) is 19.1 Å². The van der Waals surface area contributed by atoms with E-state index >= 15 is 0 Å². The highest BCUT2D eigenvalue weighted by atomic mass is 16.5. The first-order valence-corrected chi connectivity index (χ1v) is 10.9. The van der Waals surface area contributed by atoms with Crippen molar-refractivity contribution >= 4 is 5.97 Å². The molecule has 0 atom stereocenters. The molecular formula is C26H30O3. The monoisotopic (exact) mass is 390 g/mol. The number of rotatable bonds is 4. The fraction of sp³-hybridized carbons (Fsp3) is 0.500. The molecule has 4 saturated carbocycles. The van der Waals surface area contributed by atoms with E-state index in [9.17, 15) is 4.79 Å². The van der Waals surface area contributed by atoms with Gasteiger partial charge in [0.2, 0.25) is 0 Å². The smallest absolute Gasteiger partial charge is 0.337 e. The molecule has 0 N–H and O–H groups in total. The topological polar surface area (TPSA) is 35.5 Å². The van der Waals surface area contributed by atoms with Crippen LogP contribution in [-0.2, 0) is 10.2 Å². The maximum Gasteiger partial charge on any atom is 0.337 e. The first-order valence-electron chi connectivity index (χ1n) is 10.9. The fourth-order valence-corrected chi connectivity index (χ4v) is 7.15. The van der Waals surface area contributed by atoms with Crippen LogP contribution < -0.4 is 4.74 Å². The Labute approximate surface area is 173 Å². The summed E-state index contributed by atoms with van der Waals surface area (Å²) in [4.78, 5) is 11.8.